The van der Waals surface area contributed by atoms with Crippen molar-refractivity contribution in [1.29, 1.82) is 0 Å². The first-order chi connectivity index (χ1) is 6.40. The largest absolute Gasteiger partial charge is 0.429 e. The summed E-state index contributed by atoms with van der Waals surface area (Å²) in [7, 11) is 0. The zero-order chi connectivity index (χ0) is 9.10. The Morgan fingerprint density at radius 3 is 2.77 bits per heavy atom. The zero-order valence-electron chi connectivity index (χ0n) is 7.83. The van der Waals surface area contributed by atoms with Gasteiger partial charge < -0.3 is 9.32 Å². The van der Waals surface area contributed by atoms with Crippen molar-refractivity contribution in [2.75, 3.05) is 18.0 Å². The Balaban J connectivity index is 2.05. The van der Waals surface area contributed by atoms with E-state index < -0.39 is 0 Å². The van der Waals surface area contributed by atoms with E-state index in [1.54, 1.807) is 6.20 Å². The molecule has 0 spiro atoms. The van der Waals surface area contributed by atoms with E-state index in [9.17, 15) is 0 Å². The van der Waals surface area contributed by atoms with Gasteiger partial charge in [-0.15, -0.1) is 0 Å². The fourth-order valence-corrected chi connectivity index (χ4v) is 1.64. The second-order valence-electron chi connectivity index (χ2n) is 3.41. The monoisotopic (exact) mass is 179 g/mol. The minimum atomic E-state index is 0.681. The number of hydrogen-bond acceptors (Lipinski definition) is 3. The SMILES string of the molecule is [CH2]Cc1cnc(N2CCCCC2)o1. The highest BCUT2D eigenvalue weighted by Crippen LogP contribution is 2.19. The van der Waals surface area contributed by atoms with Crippen molar-refractivity contribution >= 4 is 6.01 Å². The maximum atomic E-state index is 5.52. The van der Waals surface area contributed by atoms with Gasteiger partial charge in [0.1, 0.15) is 5.76 Å². The van der Waals surface area contributed by atoms with Crippen LogP contribution in [-0.4, -0.2) is 18.1 Å². The first kappa shape index (κ1) is 8.60. The Labute approximate surface area is 78.8 Å². The fourth-order valence-electron chi connectivity index (χ4n) is 1.64. The Kier molecular flexibility index (Phi) is 2.52. The summed E-state index contributed by atoms with van der Waals surface area (Å²) in [5.41, 5.74) is 0. The van der Waals surface area contributed by atoms with Crippen LogP contribution in [-0.2, 0) is 6.42 Å². The van der Waals surface area contributed by atoms with E-state index in [4.69, 9.17) is 4.42 Å². The van der Waals surface area contributed by atoms with E-state index in [1.165, 1.54) is 19.3 Å². The van der Waals surface area contributed by atoms with Crippen LogP contribution in [0.15, 0.2) is 10.6 Å². The molecule has 0 saturated carbocycles. The molecular formula is C10H15N2O. The Bertz CT molecular complexity index is 264. The van der Waals surface area contributed by atoms with Gasteiger partial charge in [0, 0.05) is 19.5 Å². The molecule has 0 bridgehead atoms. The number of rotatable bonds is 2. The summed E-state index contributed by atoms with van der Waals surface area (Å²) >= 11 is 0. The van der Waals surface area contributed by atoms with Crippen molar-refractivity contribution in [3.8, 4) is 0 Å². The molecule has 3 heteroatoms. The average Bonchev–Trinajstić information content (AvgIpc) is 2.67. The van der Waals surface area contributed by atoms with Gasteiger partial charge >= 0.3 is 0 Å². The van der Waals surface area contributed by atoms with Gasteiger partial charge in [-0.1, -0.05) is 0 Å². The fraction of sp³-hybridized carbons (Fsp3) is 0.600. The lowest BCUT2D eigenvalue weighted by Crippen LogP contribution is -2.29. The number of aromatic nitrogens is 1. The highest BCUT2D eigenvalue weighted by molar-refractivity contribution is 5.26. The van der Waals surface area contributed by atoms with Crippen molar-refractivity contribution in [3.63, 3.8) is 0 Å². The van der Waals surface area contributed by atoms with Crippen LogP contribution in [0.2, 0.25) is 0 Å². The van der Waals surface area contributed by atoms with Crippen LogP contribution in [0.3, 0.4) is 0 Å². The maximum Gasteiger partial charge on any atom is 0.297 e. The highest BCUT2D eigenvalue weighted by atomic mass is 16.4. The molecule has 1 saturated heterocycles. The second-order valence-corrected chi connectivity index (χ2v) is 3.41. The van der Waals surface area contributed by atoms with E-state index in [0.717, 1.165) is 24.9 Å². The topological polar surface area (TPSA) is 29.3 Å². The second kappa shape index (κ2) is 3.81. The summed E-state index contributed by atoms with van der Waals surface area (Å²) in [6, 6.07) is 0.776. The molecule has 0 aromatic carbocycles. The maximum absolute atomic E-state index is 5.52. The molecule has 2 heterocycles. The quantitative estimate of drug-likeness (QED) is 0.695. The molecular weight excluding hydrogens is 164 g/mol. The van der Waals surface area contributed by atoms with Gasteiger partial charge in [0.2, 0.25) is 0 Å². The third-order valence-electron chi connectivity index (χ3n) is 2.41. The van der Waals surface area contributed by atoms with Crippen molar-refractivity contribution in [3.05, 3.63) is 18.9 Å². The summed E-state index contributed by atoms with van der Waals surface area (Å²) in [6.07, 6.45) is 6.29. The Morgan fingerprint density at radius 2 is 2.15 bits per heavy atom. The van der Waals surface area contributed by atoms with Crippen molar-refractivity contribution < 1.29 is 4.42 Å². The normalized spacial score (nSPS) is 17.8. The lowest BCUT2D eigenvalue weighted by Gasteiger charge is -2.24. The van der Waals surface area contributed by atoms with Crippen LogP contribution < -0.4 is 4.90 Å². The molecule has 2 rings (SSSR count). The molecule has 13 heavy (non-hydrogen) atoms. The van der Waals surface area contributed by atoms with Crippen molar-refractivity contribution in [2.24, 2.45) is 0 Å². The van der Waals surface area contributed by atoms with Gasteiger partial charge in [0.05, 0.1) is 6.20 Å². The molecule has 1 aromatic rings. The summed E-state index contributed by atoms with van der Waals surface area (Å²) in [5, 5.41) is 0. The molecule has 0 unspecified atom stereocenters. The third-order valence-corrected chi connectivity index (χ3v) is 2.41. The van der Waals surface area contributed by atoms with Crippen LogP contribution in [0.4, 0.5) is 6.01 Å². The molecule has 1 aliphatic rings. The van der Waals surface area contributed by atoms with Gasteiger partial charge in [-0.05, 0) is 26.2 Å². The van der Waals surface area contributed by atoms with Gasteiger partial charge in [-0.25, -0.2) is 4.98 Å². The molecule has 1 aliphatic heterocycles. The van der Waals surface area contributed by atoms with Gasteiger partial charge in [0.15, 0.2) is 0 Å². The van der Waals surface area contributed by atoms with E-state index in [2.05, 4.69) is 16.8 Å². The van der Waals surface area contributed by atoms with E-state index in [1.807, 2.05) is 0 Å². The minimum Gasteiger partial charge on any atom is -0.429 e. The van der Waals surface area contributed by atoms with Crippen LogP contribution in [0.1, 0.15) is 25.0 Å². The van der Waals surface area contributed by atoms with Gasteiger partial charge in [-0.2, -0.15) is 0 Å². The van der Waals surface area contributed by atoms with Crippen LogP contribution in [0.5, 0.6) is 0 Å². The van der Waals surface area contributed by atoms with Crippen LogP contribution >= 0.6 is 0 Å². The third kappa shape index (κ3) is 1.85. The molecule has 0 amide bonds. The van der Waals surface area contributed by atoms with Gasteiger partial charge in [-0.3, -0.25) is 0 Å². The molecule has 0 atom stereocenters. The summed E-state index contributed by atoms with van der Waals surface area (Å²) in [5.74, 6) is 0.876. The molecule has 71 valence electrons. The molecule has 3 nitrogen and oxygen atoms in total. The first-order valence-corrected chi connectivity index (χ1v) is 4.89. The standard InChI is InChI=1S/C10H15N2O/c1-2-9-8-11-10(13-9)12-6-4-3-5-7-12/h8H,1-7H2. The van der Waals surface area contributed by atoms with E-state index in [-0.39, 0.29) is 0 Å². The molecule has 0 N–H and O–H groups in total. The predicted octanol–water partition coefficient (Wildman–Crippen LogP) is 2.04. The zero-order valence-corrected chi connectivity index (χ0v) is 7.83. The Hall–Kier alpha value is -0.990. The minimum absolute atomic E-state index is 0.681. The molecule has 0 aliphatic carbocycles. The summed E-state index contributed by atoms with van der Waals surface area (Å²) in [4.78, 5) is 6.44. The predicted molar refractivity (Wildman–Crippen MR) is 51.6 cm³/mol. The van der Waals surface area contributed by atoms with Crippen molar-refractivity contribution in [2.45, 2.75) is 25.7 Å². The number of anilines is 1. The lowest BCUT2D eigenvalue weighted by atomic mass is 10.1. The number of oxazole rings is 1. The number of piperidine rings is 1. The van der Waals surface area contributed by atoms with E-state index >= 15 is 0 Å². The van der Waals surface area contributed by atoms with Crippen LogP contribution in [0, 0.1) is 6.92 Å². The number of hydrogen-bond donors (Lipinski definition) is 0. The first-order valence-electron chi connectivity index (χ1n) is 4.89. The van der Waals surface area contributed by atoms with E-state index in [0.29, 0.717) is 6.42 Å². The Morgan fingerprint density at radius 1 is 1.38 bits per heavy atom. The lowest BCUT2D eigenvalue weighted by molar-refractivity contribution is 0.471. The molecule has 1 aromatic heterocycles. The van der Waals surface area contributed by atoms with Gasteiger partial charge in [0.25, 0.3) is 6.01 Å². The number of nitrogens with zero attached hydrogens (tertiary/aromatic N) is 2. The summed E-state index contributed by atoms with van der Waals surface area (Å²) < 4.78 is 5.52. The molecule has 1 radical (unpaired) electrons. The van der Waals surface area contributed by atoms with Crippen LogP contribution in [0.25, 0.3) is 0 Å². The smallest absolute Gasteiger partial charge is 0.297 e. The summed E-state index contributed by atoms with van der Waals surface area (Å²) in [6.45, 7) is 5.92. The average molecular weight is 179 g/mol. The highest BCUT2D eigenvalue weighted by Gasteiger charge is 2.15. The van der Waals surface area contributed by atoms with Crippen molar-refractivity contribution in [1.82, 2.24) is 4.98 Å². The molecule has 1 fully saturated rings.